The van der Waals surface area contributed by atoms with Crippen LogP contribution in [-0.2, 0) is 0 Å². The molecule has 80 valence electrons. The van der Waals surface area contributed by atoms with Crippen molar-refractivity contribution in [1.29, 1.82) is 0 Å². The summed E-state index contributed by atoms with van der Waals surface area (Å²) in [6.45, 7) is 0. The number of rotatable bonds is 0. The smallest absolute Gasteiger partial charge is 0.161 e. The van der Waals surface area contributed by atoms with Crippen molar-refractivity contribution >= 4 is 43.2 Å². The predicted molar refractivity (Wildman–Crippen MR) is 69.9 cm³/mol. The van der Waals surface area contributed by atoms with Crippen LogP contribution in [-0.4, -0.2) is 4.98 Å². The third kappa shape index (κ3) is 2.91. The van der Waals surface area contributed by atoms with Crippen LogP contribution in [0.5, 0.6) is 0 Å². The monoisotopic (exact) mass is 359 g/mol. The molecule has 0 saturated carbocycles. The molecule has 16 heavy (non-hydrogen) atoms. The molecule has 1 aromatic heterocycles. The zero-order valence-electron chi connectivity index (χ0n) is 7.80. The van der Waals surface area contributed by atoms with Crippen molar-refractivity contribution in [1.82, 2.24) is 4.98 Å². The highest BCUT2D eigenvalue weighted by Gasteiger charge is 2.03. The van der Waals surface area contributed by atoms with E-state index < -0.39 is 0 Å². The summed E-state index contributed by atoms with van der Waals surface area (Å²) >= 11 is 8.08. The third-order valence-corrected chi connectivity index (χ3v) is 3.87. The summed E-state index contributed by atoms with van der Waals surface area (Å²) in [5, 5.41) is 0. The van der Waals surface area contributed by atoms with Gasteiger partial charge in [-0.05, 0) is 56.0 Å². The van der Waals surface area contributed by atoms with Gasteiger partial charge >= 0.3 is 0 Å². The van der Waals surface area contributed by atoms with Crippen molar-refractivity contribution in [2.45, 2.75) is 0 Å². The molecule has 2 rings (SSSR count). The highest BCUT2D eigenvalue weighted by atomic mass is 79.9. The summed E-state index contributed by atoms with van der Waals surface area (Å²) in [6.07, 6.45) is 0. The second-order valence-corrected chi connectivity index (χ2v) is 6.44. The van der Waals surface area contributed by atoms with E-state index in [1.165, 1.54) is 23.5 Å². The molecule has 0 amide bonds. The van der Waals surface area contributed by atoms with Gasteiger partial charge in [0.15, 0.2) is 3.92 Å². The molecule has 0 aliphatic rings. The van der Waals surface area contributed by atoms with Crippen LogP contribution in [0.1, 0.15) is 11.3 Å². The topological polar surface area (TPSA) is 12.9 Å². The molecule has 0 aliphatic carbocycles. The molecule has 1 nitrogen and oxygen atoms in total. The fourth-order valence-corrected chi connectivity index (χ4v) is 3.49. The minimum atomic E-state index is -0.287. The van der Waals surface area contributed by atoms with E-state index in [0.717, 1.165) is 7.70 Å². The molecule has 2 aromatic rings. The molecule has 0 atom stereocenters. The van der Waals surface area contributed by atoms with Crippen molar-refractivity contribution < 1.29 is 4.39 Å². The Morgan fingerprint density at radius 2 is 2.06 bits per heavy atom. The Labute approximate surface area is 113 Å². The molecular formula is C11H4Br2FNS. The average Bonchev–Trinajstić information content (AvgIpc) is 2.54. The van der Waals surface area contributed by atoms with E-state index >= 15 is 0 Å². The standard InChI is InChI=1S/C11H4Br2FNS/c12-10-9(15-11(13)16-10)5-4-7-2-1-3-8(14)6-7/h1-3,6H. The van der Waals surface area contributed by atoms with Crippen LogP contribution < -0.4 is 0 Å². The second-order valence-electron chi connectivity index (χ2n) is 2.85. The third-order valence-electron chi connectivity index (χ3n) is 1.71. The maximum atomic E-state index is 12.9. The van der Waals surface area contributed by atoms with E-state index in [1.54, 1.807) is 12.1 Å². The number of halogens is 3. The summed E-state index contributed by atoms with van der Waals surface area (Å²) in [6, 6.07) is 6.17. The number of aromatic nitrogens is 1. The minimum absolute atomic E-state index is 0.287. The van der Waals surface area contributed by atoms with Crippen molar-refractivity contribution in [2.24, 2.45) is 0 Å². The van der Waals surface area contributed by atoms with Gasteiger partial charge in [-0.2, -0.15) is 0 Å². The molecule has 5 heteroatoms. The Morgan fingerprint density at radius 1 is 1.25 bits per heavy atom. The first kappa shape index (κ1) is 11.8. The van der Waals surface area contributed by atoms with Crippen LogP contribution >= 0.6 is 43.2 Å². The summed E-state index contributed by atoms with van der Waals surface area (Å²) in [5.74, 6) is 5.46. The molecule has 0 bridgehead atoms. The molecule has 0 spiro atoms. The maximum Gasteiger partial charge on any atom is 0.161 e. The van der Waals surface area contributed by atoms with E-state index in [2.05, 4.69) is 48.7 Å². The molecule has 1 aromatic carbocycles. The van der Waals surface area contributed by atoms with Crippen LogP contribution in [0.3, 0.4) is 0 Å². The van der Waals surface area contributed by atoms with Gasteiger partial charge in [-0.25, -0.2) is 9.37 Å². The van der Waals surface area contributed by atoms with Gasteiger partial charge in [0.1, 0.15) is 15.3 Å². The number of benzene rings is 1. The van der Waals surface area contributed by atoms with Crippen LogP contribution in [0.25, 0.3) is 0 Å². The van der Waals surface area contributed by atoms with Gasteiger partial charge in [0.25, 0.3) is 0 Å². The Morgan fingerprint density at radius 3 is 2.69 bits per heavy atom. The van der Waals surface area contributed by atoms with Gasteiger partial charge in [-0.1, -0.05) is 23.3 Å². The normalized spacial score (nSPS) is 9.69. The maximum absolute atomic E-state index is 12.9. The molecule has 0 fully saturated rings. The zero-order valence-corrected chi connectivity index (χ0v) is 11.8. The van der Waals surface area contributed by atoms with Gasteiger partial charge in [0.2, 0.25) is 0 Å². The first-order valence-corrected chi connectivity index (χ1v) is 6.65. The van der Waals surface area contributed by atoms with Crippen molar-refractivity contribution in [3.63, 3.8) is 0 Å². The van der Waals surface area contributed by atoms with E-state index in [1.807, 2.05) is 0 Å². The van der Waals surface area contributed by atoms with Crippen LogP contribution in [0, 0.1) is 17.7 Å². The van der Waals surface area contributed by atoms with Crippen molar-refractivity contribution in [3.05, 3.63) is 49.0 Å². The van der Waals surface area contributed by atoms with E-state index in [9.17, 15) is 4.39 Å². The highest BCUT2D eigenvalue weighted by molar-refractivity contribution is 9.12. The first-order valence-electron chi connectivity index (χ1n) is 4.24. The van der Waals surface area contributed by atoms with Crippen LogP contribution in [0.4, 0.5) is 4.39 Å². The molecule has 0 N–H and O–H groups in total. The second kappa shape index (κ2) is 5.09. The number of hydrogen-bond acceptors (Lipinski definition) is 2. The SMILES string of the molecule is Fc1cccc(C#Cc2nc(Br)sc2Br)c1. The summed E-state index contributed by atoms with van der Waals surface area (Å²) in [4.78, 5) is 4.17. The largest absolute Gasteiger partial charge is 0.219 e. The zero-order chi connectivity index (χ0) is 11.5. The van der Waals surface area contributed by atoms with Gasteiger partial charge in [-0.15, -0.1) is 0 Å². The Balaban J connectivity index is 2.32. The number of thiazole rings is 1. The lowest BCUT2D eigenvalue weighted by Gasteiger charge is -1.89. The molecule has 0 radical (unpaired) electrons. The highest BCUT2D eigenvalue weighted by Crippen LogP contribution is 2.27. The van der Waals surface area contributed by atoms with Crippen molar-refractivity contribution in [2.75, 3.05) is 0 Å². The Hall–Kier alpha value is -0.700. The minimum Gasteiger partial charge on any atom is -0.219 e. The quantitative estimate of drug-likeness (QED) is 0.641. The summed E-state index contributed by atoms with van der Waals surface area (Å²) in [5.41, 5.74) is 1.29. The molecule has 0 saturated heterocycles. The lowest BCUT2D eigenvalue weighted by Crippen LogP contribution is -1.78. The van der Waals surface area contributed by atoms with E-state index in [0.29, 0.717) is 11.3 Å². The van der Waals surface area contributed by atoms with E-state index in [4.69, 9.17) is 0 Å². The molecular weight excluding hydrogens is 357 g/mol. The van der Waals surface area contributed by atoms with E-state index in [-0.39, 0.29) is 5.82 Å². The summed E-state index contributed by atoms with van der Waals surface area (Å²) < 4.78 is 14.5. The van der Waals surface area contributed by atoms with Crippen LogP contribution in [0.15, 0.2) is 32.0 Å². The van der Waals surface area contributed by atoms with Crippen LogP contribution in [0.2, 0.25) is 0 Å². The fraction of sp³-hybridized carbons (Fsp3) is 0. The average molecular weight is 361 g/mol. The lowest BCUT2D eigenvalue weighted by atomic mass is 10.2. The van der Waals surface area contributed by atoms with Crippen molar-refractivity contribution in [3.8, 4) is 11.8 Å². The predicted octanol–water partition coefficient (Wildman–Crippen LogP) is 4.21. The molecule has 1 heterocycles. The summed E-state index contributed by atoms with van der Waals surface area (Å²) in [7, 11) is 0. The van der Waals surface area contributed by atoms with Gasteiger partial charge in [0.05, 0.1) is 0 Å². The lowest BCUT2D eigenvalue weighted by molar-refractivity contribution is 0.627. The Kier molecular flexibility index (Phi) is 3.74. The van der Waals surface area contributed by atoms with Gasteiger partial charge in [-0.3, -0.25) is 0 Å². The number of hydrogen-bond donors (Lipinski definition) is 0. The first-order chi connectivity index (χ1) is 7.65. The fourth-order valence-electron chi connectivity index (χ4n) is 1.05. The Bertz CT molecular complexity index is 583. The molecule has 0 unspecified atom stereocenters. The van der Waals surface area contributed by atoms with Gasteiger partial charge < -0.3 is 0 Å². The van der Waals surface area contributed by atoms with Gasteiger partial charge in [0, 0.05) is 5.56 Å². The number of nitrogens with zero attached hydrogens (tertiary/aromatic N) is 1. The molecule has 0 aliphatic heterocycles.